The molecule has 2 aromatic carbocycles. The SMILES string of the molecule is COC(=O)CC12CCC(c3ccc(-c4cnn(C)c4NC(=O)O[C@H](C)c4ccccc4)cc3)(CC1)CO2. The summed E-state index contributed by atoms with van der Waals surface area (Å²) in [7, 11) is 3.21. The smallest absolute Gasteiger partial charge is 0.413 e. The van der Waals surface area contributed by atoms with E-state index >= 15 is 0 Å². The summed E-state index contributed by atoms with van der Waals surface area (Å²) in [6.45, 7) is 2.45. The van der Waals surface area contributed by atoms with Crippen LogP contribution in [-0.2, 0) is 31.5 Å². The van der Waals surface area contributed by atoms with Crippen molar-refractivity contribution in [3.05, 3.63) is 71.9 Å². The third-order valence-corrected chi connectivity index (χ3v) is 7.99. The monoisotopic (exact) mass is 503 g/mol. The number of hydrogen-bond donors (Lipinski definition) is 1. The highest BCUT2D eigenvalue weighted by molar-refractivity contribution is 5.90. The zero-order chi connectivity index (χ0) is 26.0. The number of ether oxygens (including phenoxy) is 3. The second kappa shape index (κ2) is 10.0. The van der Waals surface area contributed by atoms with Gasteiger partial charge >= 0.3 is 12.1 Å². The van der Waals surface area contributed by atoms with E-state index in [9.17, 15) is 9.59 Å². The van der Waals surface area contributed by atoms with Crippen LogP contribution in [0.25, 0.3) is 11.1 Å². The quantitative estimate of drug-likeness (QED) is 0.426. The number of amides is 1. The van der Waals surface area contributed by atoms with Crippen molar-refractivity contribution in [2.24, 2.45) is 7.05 Å². The molecule has 3 aliphatic rings. The molecule has 3 aromatic rings. The molecule has 0 radical (unpaired) electrons. The number of carbonyl (C=O) groups excluding carboxylic acids is 2. The molecule has 2 aliphatic heterocycles. The molecule has 0 unspecified atom stereocenters. The zero-order valence-corrected chi connectivity index (χ0v) is 21.5. The van der Waals surface area contributed by atoms with Crippen molar-refractivity contribution in [1.29, 1.82) is 0 Å². The molecule has 1 aromatic heterocycles. The summed E-state index contributed by atoms with van der Waals surface area (Å²) in [5, 5.41) is 7.23. The fourth-order valence-corrected chi connectivity index (χ4v) is 5.58. The van der Waals surface area contributed by atoms with Gasteiger partial charge in [0.2, 0.25) is 0 Å². The average molecular weight is 504 g/mol. The van der Waals surface area contributed by atoms with E-state index in [0.29, 0.717) is 18.8 Å². The maximum Gasteiger partial charge on any atom is 0.413 e. The lowest BCUT2D eigenvalue weighted by molar-refractivity contribution is -0.176. The Kier molecular flexibility index (Phi) is 6.77. The van der Waals surface area contributed by atoms with E-state index in [1.165, 1.54) is 12.7 Å². The van der Waals surface area contributed by atoms with Crippen LogP contribution >= 0.6 is 0 Å². The minimum absolute atomic E-state index is 0.0379. The predicted octanol–water partition coefficient (Wildman–Crippen LogP) is 5.54. The lowest BCUT2D eigenvalue weighted by Crippen LogP contribution is -2.54. The fourth-order valence-electron chi connectivity index (χ4n) is 5.58. The van der Waals surface area contributed by atoms with Crippen molar-refractivity contribution in [2.75, 3.05) is 19.0 Å². The molecule has 194 valence electrons. The van der Waals surface area contributed by atoms with Crippen molar-refractivity contribution in [1.82, 2.24) is 9.78 Å². The highest BCUT2D eigenvalue weighted by Gasteiger charge is 2.51. The Bertz CT molecular complexity index is 1240. The van der Waals surface area contributed by atoms with Gasteiger partial charge in [0.1, 0.15) is 11.9 Å². The number of aryl methyl sites for hydroxylation is 1. The minimum Gasteiger partial charge on any atom is -0.469 e. The lowest BCUT2D eigenvalue weighted by Gasteiger charge is -2.53. The molecule has 2 saturated heterocycles. The summed E-state index contributed by atoms with van der Waals surface area (Å²) in [5.74, 6) is 0.362. The fraction of sp³-hybridized carbons (Fsp3) is 0.414. The van der Waals surface area contributed by atoms with Crippen LogP contribution in [0.4, 0.5) is 10.6 Å². The Labute approximate surface area is 216 Å². The largest absolute Gasteiger partial charge is 0.469 e. The molecule has 8 heteroatoms. The van der Waals surface area contributed by atoms with Crippen LogP contribution in [0.3, 0.4) is 0 Å². The van der Waals surface area contributed by atoms with E-state index in [1.807, 2.05) is 37.3 Å². The van der Waals surface area contributed by atoms with E-state index in [2.05, 4.69) is 34.7 Å². The first-order chi connectivity index (χ1) is 17.8. The van der Waals surface area contributed by atoms with E-state index < -0.39 is 6.09 Å². The molecule has 1 aliphatic carbocycles. The number of hydrogen-bond acceptors (Lipinski definition) is 6. The summed E-state index contributed by atoms with van der Waals surface area (Å²) < 4.78 is 18.4. The standard InChI is InChI=1S/C29H33N3O5/c1-20(21-7-5-4-6-8-21)37-27(34)31-26-24(18-30-32(26)2)22-9-11-23(12-10-22)28-13-15-29(16-14-28,36-19-28)17-25(33)35-3/h4-12,18,20H,13-17,19H2,1-3H3,(H,31,34)/t20-,28?,29?/m1/s1. The first-order valence-corrected chi connectivity index (χ1v) is 12.7. The minimum atomic E-state index is -0.534. The summed E-state index contributed by atoms with van der Waals surface area (Å²) in [6.07, 6.45) is 4.82. The molecule has 1 atom stereocenters. The van der Waals surface area contributed by atoms with Crippen molar-refractivity contribution in [3.8, 4) is 11.1 Å². The number of carbonyl (C=O) groups is 2. The highest BCUT2D eigenvalue weighted by Crippen LogP contribution is 2.51. The molecular formula is C29H33N3O5. The summed E-state index contributed by atoms with van der Waals surface area (Å²) in [6, 6.07) is 18.0. The van der Waals surface area contributed by atoms with Crippen molar-refractivity contribution in [2.45, 2.75) is 56.1 Å². The first kappa shape index (κ1) is 25.0. The van der Waals surface area contributed by atoms with Crippen molar-refractivity contribution >= 4 is 17.9 Å². The average Bonchev–Trinajstić information content (AvgIpc) is 3.29. The topological polar surface area (TPSA) is 91.7 Å². The number of benzene rings is 2. The van der Waals surface area contributed by atoms with Gasteiger partial charge in [-0.3, -0.25) is 14.8 Å². The van der Waals surface area contributed by atoms with Gasteiger partial charge in [-0.05, 0) is 49.3 Å². The van der Waals surface area contributed by atoms with Crippen LogP contribution in [0.15, 0.2) is 60.8 Å². The van der Waals surface area contributed by atoms with Gasteiger partial charge in [0.05, 0.1) is 31.9 Å². The van der Waals surface area contributed by atoms with Gasteiger partial charge in [0, 0.05) is 18.0 Å². The molecule has 0 spiro atoms. The van der Waals surface area contributed by atoms with Crippen molar-refractivity contribution < 1.29 is 23.8 Å². The van der Waals surface area contributed by atoms with Crippen LogP contribution in [0.5, 0.6) is 0 Å². The Morgan fingerprint density at radius 1 is 1.08 bits per heavy atom. The van der Waals surface area contributed by atoms with E-state index in [-0.39, 0.29) is 23.1 Å². The molecule has 1 saturated carbocycles. The number of nitrogens with one attached hydrogen (secondary N) is 1. The van der Waals surface area contributed by atoms with Crippen LogP contribution in [0.1, 0.15) is 56.3 Å². The van der Waals surface area contributed by atoms with Gasteiger partial charge in [-0.1, -0.05) is 54.6 Å². The summed E-state index contributed by atoms with van der Waals surface area (Å²) in [5.41, 5.74) is 3.51. The number of methoxy groups -OCH3 is 1. The van der Waals surface area contributed by atoms with Crippen LogP contribution in [0.2, 0.25) is 0 Å². The predicted molar refractivity (Wildman–Crippen MR) is 139 cm³/mol. The Morgan fingerprint density at radius 3 is 2.41 bits per heavy atom. The van der Waals surface area contributed by atoms with Crippen LogP contribution < -0.4 is 5.32 Å². The maximum absolute atomic E-state index is 12.7. The van der Waals surface area contributed by atoms with Gasteiger partial charge in [0.15, 0.2) is 0 Å². The molecule has 3 heterocycles. The summed E-state index contributed by atoms with van der Waals surface area (Å²) >= 11 is 0. The van der Waals surface area contributed by atoms with Crippen LogP contribution in [0, 0.1) is 0 Å². The second-order valence-corrected chi connectivity index (χ2v) is 10.2. The van der Waals surface area contributed by atoms with E-state index in [4.69, 9.17) is 14.2 Å². The Morgan fingerprint density at radius 2 is 1.78 bits per heavy atom. The van der Waals surface area contributed by atoms with Gasteiger partial charge < -0.3 is 14.2 Å². The molecule has 1 amide bonds. The van der Waals surface area contributed by atoms with Gasteiger partial charge in [-0.25, -0.2) is 4.79 Å². The number of fused-ring (bicyclic) bond motifs is 3. The maximum atomic E-state index is 12.7. The molecule has 37 heavy (non-hydrogen) atoms. The van der Waals surface area contributed by atoms with Crippen LogP contribution in [-0.4, -0.2) is 41.2 Å². The van der Waals surface area contributed by atoms with Gasteiger partial charge in [0.25, 0.3) is 0 Å². The zero-order valence-electron chi connectivity index (χ0n) is 21.5. The van der Waals surface area contributed by atoms with E-state index in [1.54, 1.807) is 17.9 Å². The number of aromatic nitrogens is 2. The molecule has 3 fully saturated rings. The molecule has 8 nitrogen and oxygen atoms in total. The third-order valence-electron chi connectivity index (χ3n) is 7.99. The molecule has 6 rings (SSSR count). The number of rotatable bonds is 7. The molecule has 1 N–H and O–H groups in total. The Hall–Kier alpha value is -3.65. The number of esters is 1. The molecular weight excluding hydrogens is 470 g/mol. The highest BCUT2D eigenvalue weighted by atomic mass is 16.6. The summed E-state index contributed by atoms with van der Waals surface area (Å²) in [4.78, 5) is 24.5. The van der Waals surface area contributed by atoms with Crippen molar-refractivity contribution in [3.63, 3.8) is 0 Å². The second-order valence-electron chi connectivity index (χ2n) is 10.2. The van der Waals surface area contributed by atoms with Gasteiger partial charge in [-0.15, -0.1) is 0 Å². The van der Waals surface area contributed by atoms with E-state index in [0.717, 1.165) is 42.4 Å². The normalized spacial score (nSPS) is 23.3. The van der Waals surface area contributed by atoms with Gasteiger partial charge in [-0.2, -0.15) is 5.10 Å². The molecule has 2 bridgehead atoms. The first-order valence-electron chi connectivity index (χ1n) is 12.7. The third kappa shape index (κ3) is 4.98. The Balaban J connectivity index is 1.27. The lowest BCUT2D eigenvalue weighted by atomic mass is 9.62. The number of anilines is 1. The number of nitrogens with zero attached hydrogens (tertiary/aromatic N) is 2.